The van der Waals surface area contributed by atoms with Gasteiger partial charge < -0.3 is 10.4 Å². The molecule has 1 heterocycles. The Balaban J connectivity index is 2.58. The first kappa shape index (κ1) is 14.2. The summed E-state index contributed by atoms with van der Waals surface area (Å²) in [5.74, 6) is -2.29. The van der Waals surface area contributed by atoms with E-state index in [1.165, 1.54) is 6.08 Å². The first-order valence-corrected chi connectivity index (χ1v) is 5.95. The molecule has 0 saturated carbocycles. The maximum Gasteiger partial charge on any atom is 0.305 e. The van der Waals surface area contributed by atoms with Crippen molar-refractivity contribution in [2.24, 2.45) is 0 Å². The van der Waals surface area contributed by atoms with Crippen LogP contribution in [0.15, 0.2) is 12.7 Å². The van der Waals surface area contributed by atoms with E-state index in [0.717, 1.165) is 4.90 Å². The number of hydrogen-bond acceptors (Lipinski definition) is 5. The van der Waals surface area contributed by atoms with Gasteiger partial charge in [-0.3, -0.25) is 24.1 Å². The minimum Gasteiger partial charge on any atom is -0.481 e. The molecule has 18 heavy (non-hydrogen) atoms. The minimum absolute atomic E-state index is 0.237. The van der Waals surface area contributed by atoms with Gasteiger partial charge in [0.15, 0.2) is 0 Å². The Morgan fingerprint density at radius 1 is 1.50 bits per heavy atom. The molecule has 1 rings (SSSR count). The standard InChI is InChI=1S/C10H12N2O5S/c1-2-3-11-7(13)5-12-9(16)6(4-8(14)15)18-10(12)17/h2,6H,1,3-5H2,(H,11,13)(H,14,15). The van der Waals surface area contributed by atoms with Crippen molar-refractivity contribution in [3.63, 3.8) is 0 Å². The largest absolute Gasteiger partial charge is 0.481 e. The van der Waals surface area contributed by atoms with Crippen molar-refractivity contribution in [3.8, 4) is 0 Å². The second kappa shape index (κ2) is 6.20. The van der Waals surface area contributed by atoms with E-state index < -0.39 is 41.2 Å². The van der Waals surface area contributed by atoms with E-state index in [1.807, 2.05) is 0 Å². The van der Waals surface area contributed by atoms with Gasteiger partial charge in [0.2, 0.25) is 11.8 Å². The lowest BCUT2D eigenvalue weighted by molar-refractivity contribution is -0.139. The third-order valence-electron chi connectivity index (χ3n) is 2.11. The molecule has 7 nitrogen and oxygen atoms in total. The molecule has 1 atom stereocenters. The molecule has 3 amide bonds. The Morgan fingerprint density at radius 3 is 2.72 bits per heavy atom. The van der Waals surface area contributed by atoms with E-state index in [4.69, 9.17) is 5.11 Å². The zero-order valence-corrected chi connectivity index (χ0v) is 10.2. The number of carboxylic acid groups (broad SMARTS) is 1. The van der Waals surface area contributed by atoms with Gasteiger partial charge in [-0.15, -0.1) is 6.58 Å². The zero-order chi connectivity index (χ0) is 13.7. The van der Waals surface area contributed by atoms with Crippen molar-refractivity contribution in [2.75, 3.05) is 13.1 Å². The smallest absolute Gasteiger partial charge is 0.305 e. The Hall–Kier alpha value is -1.83. The summed E-state index contributed by atoms with van der Waals surface area (Å²) in [4.78, 5) is 45.7. The average Bonchev–Trinajstić information content (AvgIpc) is 2.53. The SMILES string of the molecule is C=CCNC(=O)CN1C(=O)SC(CC(=O)O)C1=O. The number of nitrogens with zero attached hydrogens (tertiary/aromatic N) is 1. The molecule has 8 heteroatoms. The molecule has 1 aliphatic heterocycles. The molecule has 0 spiro atoms. The number of hydrogen-bond donors (Lipinski definition) is 2. The average molecular weight is 272 g/mol. The van der Waals surface area contributed by atoms with E-state index in [-0.39, 0.29) is 6.54 Å². The van der Waals surface area contributed by atoms with Crippen LogP contribution in [0.5, 0.6) is 0 Å². The van der Waals surface area contributed by atoms with E-state index >= 15 is 0 Å². The summed E-state index contributed by atoms with van der Waals surface area (Å²) in [7, 11) is 0. The van der Waals surface area contributed by atoms with Crippen LogP contribution in [-0.2, 0) is 14.4 Å². The molecule has 0 bridgehead atoms. The lowest BCUT2D eigenvalue weighted by atomic mass is 10.2. The topological polar surface area (TPSA) is 104 Å². The van der Waals surface area contributed by atoms with Gasteiger partial charge in [-0.1, -0.05) is 17.8 Å². The van der Waals surface area contributed by atoms with Crippen LogP contribution >= 0.6 is 11.8 Å². The second-order valence-corrected chi connectivity index (χ2v) is 4.64. The number of nitrogens with one attached hydrogen (secondary N) is 1. The molecular formula is C10H12N2O5S. The Labute approximate surface area is 107 Å². The number of imide groups is 1. The third-order valence-corrected chi connectivity index (χ3v) is 3.19. The number of rotatable bonds is 6. The number of carbonyl (C=O) groups is 4. The number of carbonyl (C=O) groups excluding carboxylic acids is 3. The zero-order valence-electron chi connectivity index (χ0n) is 9.42. The quantitative estimate of drug-likeness (QED) is 0.650. The van der Waals surface area contributed by atoms with Crippen LogP contribution in [0.2, 0.25) is 0 Å². The highest BCUT2D eigenvalue weighted by atomic mass is 32.2. The Kier molecular flexibility index (Phi) is 4.90. The summed E-state index contributed by atoms with van der Waals surface area (Å²) in [5.41, 5.74) is 0. The third kappa shape index (κ3) is 3.59. The summed E-state index contributed by atoms with van der Waals surface area (Å²) in [6.07, 6.45) is 1.04. The van der Waals surface area contributed by atoms with Gasteiger partial charge in [0.25, 0.3) is 5.24 Å². The summed E-state index contributed by atoms with van der Waals surface area (Å²) < 4.78 is 0. The van der Waals surface area contributed by atoms with Crippen molar-refractivity contribution >= 4 is 34.8 Å². The lowest BCUT2D eigenvalue weighted by Gasteiger charge is -2.12. The summed E-state index contributed by atoms with van der Waals surface area (Å²) in [6.45, 7) is 3.25. The van der Waals surface area contributed by atoms with E-state index in [9.17, 15) is 19.2 Å². The molecule has 0 aliphatic carbocycles. The highest BCUT2D eigenvalue weighted by Crippen LogP contribution is 2.28. The molecule has 0 radical (unpaired) electrons. The number of aliphatic carboxylic acids is 1. The summed E-state index contributed by atoms with van der Waals surface area (Å²) in [5, 5.41) is 9.46. The molecule has 0 aromatic rings. The molecule has 1 unspecified atom stereocenters. The monoisotopic (exact) mass is 272 g/mol. The molecule has 98 valence electrons. The fourth-order valence-electron chi connectivity index (χ4n) is 1.32. The normalized spacial score (nSPS) is 18.9. The minimum atomic E-state index is -1.16. The van der Waals surface area contributed by atoms with Gasteiger partial charge in [0, 0.05) is 6.54 Å². The van der Waals surface area contributed by atoms with Crippen LogP contribution < -0.4 is 5.32 Å². The second-order valence-electron chi connectivity index (χ2n) is 3.49. The van der Waals surface area contributed by atoms with E-state index in [1.54, 1.807) is 0 Å². The maximum atomic E-state index is 11.7. The number of amides is 3. The van der Waals surface area contributed by atoms with Crippen LogP contribution in [0.25, 0.3) is 0 Å². The van der Waals surface area contributed by atoms with Gasteiger partial charge in [-0.2, -0.15) is 0 Å². The fraction of sp³-hybridized carbons (Fsp3) is 0.400. The molecule has 1 fully saturated rings. The molecule has 1 saturated heterocycles. The van der Waals surface area contributed by atoms with Crippen LogP contribution in [-0.4, -0.2) is 51.4 Å². The molecule has 0 aromatic heterocycles. The molecule has 0 aromatic carbocycles. The van der Waals surface area contributed by atoms with Crippen molar-refractivity contribution in [1.82, 2.24) is 10.2 Å². The molecule has 2 N–H and O–H groups in total. The first-order chi connectivity index (χ1) is 8.45. The van der Waals surface area contributed by atoms with Gasteiger partial charge in [-0.05, 0) is 0 Å². The highest BCUT2D eigenvalue weighted by Gasteiger charge is 2.41. The Morgan fingerprint density at radius 2 is 2.17 bits per heavy atom. The van der Waals surface area contributed by atoms with E-state index in [2.05, 4.69) is 11.9 Å². The van der Waals surface area contributed by atoms with Crippen LogP contribution in [0.3, 0.4) is 0 Å². The van der Waals surface area contributed by atoms with Crippen molar-refractivity contribution in [3.05, 3.63) is 12.7 Å². The first-order valence-electron chi connectivity index (χ1n) is 5.07. The molecule has 1 aliphatic rings. The van der Waals surface area contributed by atoms with Crippen LogP contribution in [0.1, 0.15) is 6.42 Å². The number of carboxylic acids is 1. The van der Waals surface area contributed by atoms with Gasteiger partial charge in [-0.25, -0.2) is 0 Å². The predicted molar refractivity (Wildman–Crippen MR) is 63.9 cm³/mol. The number of thioether (sulfide) groups is 1. The highest BCUT2D eigenvalue weighted by molar-refractivity contribution is 8.15. The van der Waals surface area contributed by atoms with Crippen molar-refractivity contribution < 1.29 is 24.3 Å². The van der Waals surface area contributed by atoms with Gasteiger partial charge >= 0.3 is 5.97 Å². The fourth-order valence-corrected chi connectivity index (χ4v) is 2.29. The summed E-state index contributed by atoms with van der Waals surface area (Å²) in [6, 6.07) is 0. The van der Waals surface area contributed by atoms with Crippen molar-refractivity contribution in [1.29, 1.82) is 0 Å². The van der Waals surface area contributed by atoms with Gasteiger partial charge in [0.1, 0.15) is 11.8 Å². The van der Waals surface area contributed by atoms with Crippen LogP contribution in [0, 0.1) is 0 Å². The van der Waals surface area contributed by atoms with Crippen LogP contribution in [0.4, 0.5) is 4.79 Å². The molecular weight excluding hydrogens is 260 g/mol. The maximum absolute atomic E-state index is 11.7. The lowest BCUT2D eigenvalue weighted by Crippen LogP contribution is -2.41. The van der Waals surface area contributed by atoms with Gasteiger partial charge in [0.05, 0.1) is 6.42 Å². The predicted octanol–water partition coefficient (Wildman–Crippen LogP) is -0.173. The van der Waals surface area contributed by atoms with E-state index in [0.29, 0.717) is 11.8 Å². The summed E-state index contributed by atoms with van der Waals surface area (Å²) >= 11 is 0.632. The Bertz CT molecular complexity index is 409. The van der Waals surface area contributed by atoms with Crippen molar-refractivity contribution in [2.45, 2.75) is 11.7 Å².